The molecule has 0 aliphatic rings. The summed E-state index contributed by atoms with van der Waals surface area (Å²) in [5, 5.41) is 1.94. The SMILES string of the molecule is C.CCOC(=O)C=CC(=O)Cl.CCOC(=O)C=CC(=O)NC/C=C/c1ccccc1.NC/C=C/c1ccccc1. The Labute approximate surface area is 242 Å². The van der Waals surface area contributed by atoms with E-state index in [1.165, 1.54) is 5.56 Å². The van der Waals surface area contributed by atoms with E-state index in [0.717, 1.165) is 29.9 Å². The molecule has 2 aromatic carbocycles. The largest absolute Gasteiger partial charge is 0.463 e. The van der Waals surface area contributed by atoms with Gasteiger partial charge in [-0.2, -0.15) is 0 Å². The van der Waals surface area contributed by atoms with Crippen molar-refractivity contribution < 1.29 is 28.7 Å². The number of carbonyl (C=O) groups is 4. The van der Waals surface area contributed by atoms with Gasteiger partial charge in [0.25, 0.3) is 0 Å². The Hall–Kier alpha value is -4.27. The van der Waals surface area contributed by atoms with Gasteiger partial charge in [-0.1, -0.05) is 92.4 Å². The Morgan fingerprint density at radius 1 is 0.750 bits per heavy atom. The maximum Gasteiger partial charge on any atom is 0.330 e. The lowest BCUT2D eigenvalue weighted by Gasteiger charge is -1.97. The number of carbonyl (C=O) groups excluding carboxylic acids is 4. The molecule has 9 heteroatoms. The number of ether oxygens (including phenoxy) is 2. The topological polar surface area (TPSA) is 125 Å². The minimum Gasteiger partial charge on any atom is -0.463 e. The smallest absolute Gasteiger partial charge is 0.330 e. The molecule has 0 saturated heterocycles. The number of amides is 1. The number of rotatable bonds is 11. The molecule has 216 valence electrons. The Morgan fingerprint density at radius 2 is 1.20 bits per heavy atom. The van der Waals surface area contributed by atoms with Crippen LogP contribution in [0.5, 0.6) is 0 Å². The average molecular weight is 571 g/mol. The highest BCUT2D eigenvalue weighted by atomic mass is 35.5. The summed E-state index contributed by atoms with van der Waals surface area (Å²) >= 11 is 4.89. The fraction of sp³-hybridized carbons (Fsp3) is 0.226. The normalized spacial score (nSPS) is 10.2. The van der Waals surface area contributed by atoms with Gasteiger partial charge in [-0.25, -0.2) is 9.59 Å². The highest BCUT2D eigenvalue weighted by Gasteiger charge is 1.97. The summed E-state index contributed by atoms with van der Waals surface area (Å²) in [6.45, 7) is 4.98. The maximum atomic E-state index is 11.3. The van der Waals surface area contributed by atoms with E-state index in [1.807, 2.05) is 85.0 Å². The number of nitrogens with one attached hydrogen (secondary N) is 1. The molecule has 8 nitrogen and oxygen atoms in total. The predicted octanol–water partition coefficient (Wildman–Crippen LogP) is 5.10. The fourth-order valence-electron chi connectivity index (χ4n) is 2.40. The Bertz CT molecular complexity index is 1100. The van der Waals surface area contributed by atoms with E-state index < -0.39 is 17.2 Å². The number of allylic oxidation sites excluding steroid dienone is 1. The number of halogens is 1. The second-order valence-corrected chi connectivity index (χ2v) is 7.45. The van der Waals surface area contributed by atoms with Crippen molar-refractivity contribution in [1.82, 2.24) is 5.32 Å². The molecule has 0 saturated carbocycles. The lowest BCUT2D eigenvalue weighted by atomic mass is 10.2. The first-order chi connectivity index (χ1) is 18.8. The van der Waals surface area contributed by atoms with Crippen LogP contribution in [0, 0.1) is 0 Å². The van der Waals surface area contributed by atoms with Crippen molar-refractivity contribution in [2.45, 2.75) is 21.3 Å². The first kappa shape index (κ1) is 37.9. The van der Waals surface area contributed by atoms with E-state index in [-0.39, 0.29) is 13.3 Å². The van der Waals surface area contributed by atoms with Crippen molar-refractivity contribution in [2.75, 3.05) is 26.3 Å². The molecule has 0 aliphatic carbocycles. The molecule has 0 spiro atoms. The van der Waals surface area contributed by atoms with E-state index in [0.29, 0.717) is 26.3 Å². The Balaban J connectivity index is 0. The molecule has 0 bridgehead atoms. The zero-order chi connectivity index (χ0) is 29.1. The third kappa shape index (κ3) is 24.1. The van der Waals surface area contributed by atoms with Crippen LogP contribution in [0.3, 0.4) is 0 Å². The van der Waals surface area contributed by atoms with E-state index >= 15 is 0 Å². The van der Waals surface area contributed by atoms with Crippen LogP contribution in [0.4, 0.5) is 0 Å². The molecule has 2 rings (SSSR count). The van der Waals surface area contributed by atoms with Gasteiger partial charge in [0.2, 0.25) is 11.1 Å². The van der Waals surface area contributed by atoms with Crippen LogP contribution in [0.25, 0.3) is 12.2 Å². The van der Waals surface area contributed by atoms with Gasteiger partial charge in [0.15, 0.2) is 0 Å². The summed E-state index contributed by atoms with van der Waals surface area (Å²) in [4.78, 5) is 42.7. The van der Waals surface area contributed by atoms with Crippen LogP contribution in [-0.2, 0) is 28.7 Å². The fourth-order valence-corrected chi connectivity index (χ4v) is 2.47. The summed E-state index contributed by atoms with van der Waals surface area (Å²) in [6, 6.07) is 19.9. The van der Waals surface area contributed by atoms with E-state index in [1.54, 1.807) is 13.8 Å². The third-order valence-electron chi connectivity index (χ3n) is 4.04. The van der Waals surface area contributed by atoms with Crippen LogP contribution < -0.4 is 11.1 Å². The monoisotopic (exact) mass is 570 g/mol. The second-order valence-electron chi connectivity index (χ2n) is 7.08. The van der Waals surface area contributed by atoms with Gasteiger partial charge in [0.05, 0.1) is 13.2 Å². The summed E-state index contributed by atoms with van der Waals surface area (Å²) in [5.41, 5.74) is 7.56. The first-order valence-corrected chi connectivity index (χ1v) is 12.5. The molecule has 1 amide bonds. The van der Waals surface area contributed by atoms with Crippen LogP contribution in [0.15, 0.2) is 97.1 Å². The maximum absolute atomic E-state index is 11.3. The average Bonchev–Trinajstić information content (AvgIpc) is 2.94. The number of nitrogens with two attached hydrogens (primary N) is 1. The van der Waals surface area contributed by atoms with Crippen molar-refractivity contribution in [2.24, 2.45) is 5.73 Å². The summed E-state index contributed by atoms with van der Waals surface area (Å²) in [5.74, 6) is -1.40. The zero-order valence-corrected chi connectivity index (χ0v) is 22.9. The van der Waals surface area contributed by atoms with Crippen LogP contribution in [0.2, 0.25) is 0 Å². The number of esters is 2. The third-order valence-corrected chi connectivity index (χ3v) is 4.17. The van der Waals surface area contributed by atoms with Crippen molar-refractivity contribution in [1.29, 1.82) is 0 Å². The van der Waals surface area contributed by atoms with Crippen molar-refractivity contribution >= 4 is 46.8 Å². The Kier molecular flexibility index (Phi) is 24.9. The first-order valence-electron chi connectivity index (χ1n) is 12.1. The molecular weight excluding hydrogens is 532 g/mol. The highest BCUT2D eigenvalue weighted by molar-refractivity contribution is 6.66. The van der Waals surface area contributed by atoms with Gasteiger partial charge in [0.1, 0.15) is 0 Å². The zero-order valence-electron chi connectivity index (χ0n) is 22.1. The number of benzene rings is 2. The molecule has 3 N–H and O–H groups in total. The van der Waals surface area contributed by atoms with Crippen molar-refractivity contribution in [3.8, 4) is 0 Å². The molecule has 0 aliphatic heterocycles. The second kappa shape index (κ2) is 26.3. The number of hydrogen-bond donors (Lipinski definition) is 2. The van der Waals surface area contributed by atoms with Gasteiger partial charge >= 0.3 is 11.9 Å². The molecule has 2 aromatic rings. The van der Waals surface area contributed by atoms with Gasteiger partial charge in [-0.15, -0.1) is 0 Å². The van der Waals surface area contributed by atoms with Gasteiger partial charge in [-0.3, -0.25) is 9.59 Å². The minimum atomic E-state index is -0.687. The van der Waals surface area contributed by atoms with Crippen LogP contribution in [0.1, 0.15) is 32.4 Å². The quantitative estimate of drug-likeness (QED) is 0.219. The van der Waals surface area contributed by atoms with E-state index in [9.17, 15) is 19.2 Å². The summed E-state index contributed by atoms with van der Waals surface area (Å²) < 4.78 is 9.11. The lowest BCUT2D eigenvalue weighted by molar-refractivity contribution is -0.138. The van der Waals surface area contributed by atoms with Crippen molar-refractivity contribution in [3.05, 3.63) is 108 Å². The Morgan fingerprint density at radius 3 is 1.62 bits per heavy atom. The van der Waals surface area contributed by atoms with E-state index in [4.69, 9.17) is 17.3 Å². The highest BCUT2D eigenvalue weighted by Crippen LogP contribution is 2.00. The lowest BCUT2D eigenvalue weighted by Crippen LogP contribution is -2.21. The molecule has 0 atom stereocenters. The number of hydrogen-bond acceptors (Lipinski definition) is 7. The summed E-state index contributed by atoms with van der Waals surface area (Å²) in [6.07, 6.45) is 11.9. The van der Waals surface area contributed by atoms with Crippen molar-refractivity contribution in [3.63, 3.8) is 0 Å². The molecule has 0 fully saturated rings. The van der Waals surface area contributed by atoms with Crippen LogP contribution >= 0.6 is 11.6 Å². The molecule has 0 radical (unpaired) electrons. The van der Waals surface area contributed by atoms with Gasteiger partial charge in [-0.05, 0) is 36.6 Å². The molecule has 0 aromatic heterocycles. The van der Waals surface area contributed by atoms with E-state index in [2.05, 4.69) is 14.8 Å². The minimum absolute atomic E-state index is 0. The summed E-state index contributed by atoms with van der Waals surface area (Å²) in [7, 11) is 0. The van der Waals surface area contributed by atoms with Crippen LogP contribution in [-0.4, -0.2) is 49.4 Å². The van der Waals surface area contributed by atoms with Gasteiger partial charge in [0, 0.05) is 37.4 Å². The molecule has 0 heterocycles. The molecular formula is C31H39ClN2O6. The van der Waals surface area contributed by atoms with Gasteiger partial charge < -0.3 is 20.5 Å². The predicted molar refractivity (Wildman–Crippen MR) is 162 cm³/mol. The molecule has 0 unspecified atom stereocenters. The standard InChI is InChI=1S/C15H17NO3.C9H11N.C6H7ClO3.CH4/c1-2-19-15(18)11-10-14(17)16-12-6-9-13-7-4-3-5-8-13;10-8-4-7-9-5-2-1-3-6-9;1-2-10-6(9)4-3-5(7)8;/h3-11H,2,12H2,1H3,(H,16,17);1-7H,8,10H2;3-4H,2H2,1H3;1H4/b9-6+,11-10?;7-4+;;. The molecule has 40 heavy (non-hydrogen) atoms.